The molecule has 1 aromatic heterocycles. The van der Waals surface area contributed by atoms with Crippen molar-refractivity contribution in [3.8, 4) is 5.75 Å². The quantitative estimate of drug-likeness (QED) is 0.620. The van der Waals surface area contributed by atoms with Gasteiger partial charge in [-0.3, -0.25) is 4.79 Å². The van der Waals surface area contributed by atoms with Gasteiger partial charge in [-0.05, 0) is 29.7 Å². The van der Waals surface area contributed by atoms with Gasteiger partial charge in [-0.25, -0.2) is 0 Å². The Hall–Kier alpha value is -2.50. The average Bonchev–Trinajstić information content (AvgIpc) is 2.37. The van der Waals surface area contributed by atoms with Crippen LogP contribution in [-0.4, -0.2) is 10.1 Å². The molecule has 2 N–H and O–H groups in total. The highest BCUT2D eigenvalue weighted by Crippen LogP contribution is 2.32. The summed E-state index contributed by atoms with van der Waals surface area (Å²) in [6.07, 6.45) is -4.50. The molecule has 0 saturated carbocycles. The van der Waals surface area contributed by atoms with Gasteiger partial charge in [0, 0.05) is 16.8 Å². The molecule has 3 aromatic rings. The monoisotopic (exact) mass is 279 g/mol. The summed E-state index contributed by atoms with van der Waals surface area (Å²) in [7, 11) is 0. The summed E-state index contributed by atoms with van der Waals surface area (Å²) in [6, 6.07) is 7.36. The number of pyridine rings is 1. The maximum Gasteiger partial charge on any atom is 0.416 e. The van der Waals surface area contributed by atoms with Gasteiger partial charge in [0.05, 0.1) is 11.1 Å². The van der Waals surface area contributed by atoms with Crippen molar-refractivity contribution in [2.75, 3.05) is 0 Å². The molecule has 0 aliphatic carbocycles. The maximum absolute atomic E-state index is 12.7. The lowest BCUT2D eigenvalue weighted by molar-refractivity contribution is -0.137. The van der Waals surface area contributed by atoms with Gasteiger partial charge >= 0.3 is 6.18 Å². The molecular weight excluding hydrogens is 271 g/mol. The van der Waals surface area contributed by atoms with Crippen molar-refractivity contribution in [2.24, 2.45) is 0 Å². The number of halogens is 3. The zero-order chi connectivity index (χ0) is 14.5. The predicted molar refractivity (Wildman–Crippen MR) is 68.7 cm³/mol. The molecule has 20 heavy (non-hydrogen) atoms. The van der Waals surface area contributed by atoms with Gasteiger partial charge in [0.25, 0.3) is 5.56 Å². The van der Waals surface area contributed by atoms with Crippen LogP contribution in [0.1, 0.15) is 5.56 Å². The number of aromatic nitrogens is 1. The van der Waals surface area contributed by atoms with Gasteiger partial charge in [-0.15, -0.1) is 0 Å². The fourth-order valence-electron chi connectivity index (χ4n) is 2.20. The molecule has 0 bridgehead atoms. The number of alkyl halides is 3. The predicted octanol–water partition coefficient (Wildman–Crippen LogP) is 3.41. The standard InChI is InChI=1S/C14H8F3NO2/c15-14(16,17)7-1-3-9-10-4-2-8(19)6-12(10)18-13(20)11(9)5-7/h1-6,19H,(H,18,20). The van der Waals surface area contributed by atoms with Crippen molar-refractivity contribution in [3.05, 3.63) is 52.3 Å². The molecule has 2 aromatic carbocycles. The molecule has 0 unspecified atom stereocenters. The number of rotatable bonds is 0. The van der Waals surface area contributed by atoms with Crippen LogP contribution in [0, 0.1) is 0 Å². The number of fused-ring (bicyclic) bond motifs is 3. The minimum atomic E-state index is -4.50. The molecule has 6 heteroatoms. The van der Waals surface area contributed by atoms with Gasteiger partial charge in [-0.2, -0.15) is 13.2 Å². The molecule has 102 valence electrons. The Morgan fingerprint density at radius 3 is 2.35 bits per heavy atom. The van der Waals surface area contributed by atoms with Crippen molar-refractivity contribution in [3.63, 3.8) is 0 Å². The topological polar surface area (TPSA) is 53.1 Å². The summed E-state index contributed by atoms with van der Waals surface area (Å²) in [5, 5.41) is 10.3. The second-order valence-electron chi connectivity index (χ2n) is 4.44. The lowest BCUT2D eigenvalue weighted by Crippen LogP contribution is -2.10. The highest BCUT2D eigenvalue weighted by Gasteiger charge is 2.30. The summed E-state index contributed by atoms with van der Waals surface area (Å²) < 4.78 is 38.0. The maximum atomic E-state index is 12.7. The lowest BCUT2D eigenvalue weighted by Gasteiger charge is -2.09. The van der Waals surface area contributed by atoms with E-state index in [0.717, 1.165) is 12.1 Å². The van der Waals surface area contributed by atoms with Crippen LogP contribution in [-0.2, 0) is 6.18 Å². The van der Waals surface area contributed by atoms with E-state index < -0.39 is 17.3 Å². The summed E-state index contributed by atoms with van der Waals surface area (Å²) >= 11 is 0. The van der Waals surface area contributed by atoms with Crippen LogP contribution in [0.4, 0.5) is 13.2 Å². The Labute approximate surface area is 110 Å². The van der Waals surface area contributed by atoms with E-state index in [9.17, 15) is 23.1 Å². The Kier molecular flexibility index (Phi) is 2.50. The number of aromatic hydroxyl groups is 1. The van der Waals surface area contributed by atoms with Crippen molar-refractivity contribution < 1.29 is 18.3 Å². The zero-order valence-electron chi connectivity index (χ0n) is 9.95. The normalized spacial score (nSPS) is 12.2. The molecular formula is C14H8F3NO2. The summed E-state index contributed by atoms with van der Waals surface area (Å²) in [5.74, 6) is -0.0283. The first-order chi connectivity index (χ1) is 9.36. The van der Waals surface area contributed by atoms with Crippen LogP contribution in [0.2, 0.25) is 0 Å². The summed E-state index contributed by atoms with van der Waals surface area (Å²) in [5.41, 5.74) is -1.11. The first-order valence-electron chi connectivity index (χ1n) is 5.72. The summed E-state index contributed by atoms with van der Waals surface area (Å²) in [4.78, 5) is 14.3. The molecule has 0 fully saturated rings. The lowest BCUT2D eigenvalue weighted by atomic mass is 10.0. The first kappa shape index (κ1) is 12.5. The van der Waals surface area contributed by atoms with Crippen LogP contribution in [0.3, 0.4) is 0 Å². The fraction of sp³-hybridized carbons (Fsp3) is 0.0714. The number of benzene rings is 2. The number of hydrogen-bond acceptors (Lipinski definition) is 2. The fourth-order valence-corrected chi connectivity index (χ4v) is 2.20. The third kappa shape index (κ3) is 1.89. The molecule has 0 aliphatic rings. The van der Waals surface area contributed by atoms with Gasteiger partial charge in [0.15, 0.2) is 0 Å². The van der Waals surface area contributed by atoms with Gasteiger partial charge in [0.1, 0.15) is 5.75 Å². The smallest absolute Gasteiger partial charge is 0.416 e. The van der Waals surface area contributed by atoms with Crippen LogP contribution in [0.25, 0.3) is 21.7 Å². The summed E-state index contributed by atoms with van der Waals surface area (Å²) in [6.45, 7) is 0. The average molecular weight is 279 g/mol. The number of phenols is 1. The van der Waals surface area contributed by atoms with E-state index in [-0.39, 0.29) is 11.1 Å². The minimum Gasteiger partial charge on any atom is -0.508 e. The van der Waals surface area contributed by atoms with Crippen molar-refractivity contribution >= 4 is 21.7 Å². The van der Waals surface area contributed by atoms with E-state index >= 15 is 0 Å². The van der Waals surface area contributed by atoms with E-state index in [0.29, 0.717) is 16.3 Å². The molecule has 0 atom stereocenters. The minimum absolute atomic E-state index is 0.0283. The van der Waals surface area contributed by atoms with Gasteiger partial charge in [-0.1, -0.05) is 6.07 Å². The molecule has 3 rings (SSSR count). The van der Waals surface area contributed by atoms with Crippen LogP contribution in [0.15, 0.2) is 41.2 Å². The number of H-pyrrole nitrogens is 1. The number of phenolic OH excluding ortho intramolecular Hbond substituents is 1. The molecule has 0 saturated heterocycles. The van der Waals surface area contributed by atoms with Gasteiger partial charge < -0.3 is 10.1 Å². The number of nitrogens with one attached hydrogen (secondary N) is 1. The first-order valence-corrected chi connectivity index (χ1v) is 5.72. The second-order valence-corrected chi connectivity index (χ2v) is 4.44. The van der Waals surface area contributed by atoms with E-state index in [1.54, 1.807) is 6.07 Å². The van der Waals surface area contributed by atoms with Crippen molar-refractivity contribution in [2.45, 2.75) is 6.18 Å². The Balaban J connectivity index is 2.44. The molecule has 0 aliphatic heterocycles. The van der Waals surface area contributed by atoms with Crippen molar-refractivity contribution in [1.82, 2.24) is 4.98 Å². The van der Waals surface area contributed by atoms with E-state index in [2.05, 4.69) is 4.98 Å². The van der Waals surface area contributed by atoms with Gasteiger partial charge in [0.2, 0.25) is 0 Å². The highest BCUT2D eigenvalue weighted by atomic mass is 19.4. The molecule has 0 radical (unpaired) electrons. The molecule has 0 spiro atoms. The zero-order valence-corrected chi connectivity index (χ0v) is 9.95. The largest absolute Gasteiger partial charge is 0.508 e. The Bertz CT molecular complexity index is 881. The second kappa shape index (κ2) is 4.00. The van der Waals surface area contributed by atoms with E-state index in [1.165, 1.54) is 18.2 Å². The van der Waals surface area contributed by atoms with Crippen LogP contribution in [0.5, 0.6) is 5.75 Å². The third-order valence-electron chi connectivity index (χ3n) is 3.13. The van der Waals surface area contributed by atoms with Crippen LogP contribution < -0.4 is 5.56 Å². The Morgan fingerprint density at radius 1 is 0.950 bits per heavy atom. The SMILES string of the molecule is O=c1[nH]c2cc(O)ccc2c2ccc(C(F)(F)F)cc12. The number of hydrogen-bond donors (Lipinski definition) is 2. The molecule has 3 nitrogen and oxygen atoms in total. The highest BCUT2D eigenvalue weighted by molar-refractivity contribution is 6.05. The number of aromatic amines is 1. The van der Waals surface area contributed by atoms with Crippen molar-refractivity contribution in [1.29, 1.82) is 0 Å². The molecule has 0 amide bonds. The third-order valence-corrected chi connectivity index (χ3v) is 3.13. The van der Waals surface area contributed by atoms with Crippen LogP contribution >= 0.6 is 0 Å². The molecule has 1 heterocycles. The van der Waals surface area contributed by atoms with E-state index in [1.807, 2.05) is 0 Å². The van der Waals surface area contributed by atoms with E-state index in [4.69, 9.17) is 0 Å². The Morgan fingerprint density at radius 2 is 1.65 bits per heavy atom.